The molecule has 4 atom stereocenters. The number of allylic oxidation sites excluding steroid dienone is 2. The number of fused-ring (bicyclic) bond motifs is 1. The number of aryl methyl sites for hydroxylation is 1. The van der Waals surface area contributed by atoms with Crippen LogP contribution in [0.2, 0.25) is 0 Å². The molecule has 2 saturated heterocycles. The van der Waals surface area contributed by atoms with E-state index in [9.17, 15) is 19.2 Å². The number of amides is 3. The number of imide groups is 1. The standard InChI is InChI=1S/C27H26N2O5/c1-16-6-8-19(9-7-16)28-15-18(14-23(28)30)27(33)34-21-12-10-20(11-13-21)29-25(31)22-5-3-4-17(2)24(22)26(29)32/h3-4,6-13,17-18,22,24H,5,14-15H2,1-2H3/t17-,18+,22+,24-/m0/s1. The van der Waals surface area contributed by atoms with E-state index in [0.717, 1.165) is 11.3 Å². The Morgan fingerprint density at radius 2 is 1.62 bits per heavy atom. The lowest BCUT2D eigenvalue weighted by Gasteiger charge is -2.22. The Hall–Kier alpha value is -3.74. The molecule has 7 nitrogen and oxygen atoms in total. The van der Waals surface area contributed by atoms with Crippen LogP contribution in [0.1, 0.15) is 25.3 Å². The molecule has 2 aromatic carbocycles. The summed E-state index contributed by atoms with van der Waals surface area (Å²) in [5.41, 5.74) is 2.33. The summed E-state index contributed by atoms with van der Waals surface area (Å²) in [5, 5.41) is 0. The first kappa shape index (κ1) is 22.1. The predicted octanol–water partition coefficient (Wildman–Crippen LogP) is 3.66. The van der Waals surface area contributed by atoms with Crippen LogP contribution < -0.4 is 14.5 Å². The second-order valence-corrected chi connectivity index (χ2v) is 9.32. The molecule has 1 aliphatic carbocycles. The minimum atomic E-state index is -0.563. The SMILES string of the molecule is Cc1ccc(N2C[C@H](C(=O)Oc3ccc(N4C(=O)[C@H]5[C@@H](C)C=CC[C@H]5C4=O)cc3)CC2=O)cc1. The highest BCUT2D eigenvalue weighted by Crippen LogP contribution is 2.40. The van der Waals surface area contributed by atoms with Crippen molar-refractivity contribution in [3.63, 3.8) is 0 Å². The monoisotopic (exact) mass is 458 g/mol. The summed E-state index contributed by atoms with van der Waals surface area (Å²) in [6.07, 6.45) is 4.63. The summed E-state index contributed by atoms with van der Waals surface area (Å²) >= 11 is 0. The third-order valence-corrected chi connectivity index (χ3v) is 6.99. The highest BCUT2D eigenvalue weighted by Gasteiger charge is 2.50. The molecule has 0 radical (unpaired) electrons. The molecule has 34 heavy (non-hydrogen) atoms. The van der Waals surface area contributed by atoms with Crippen molar-refractivity contribution in [3.8, 4) is 5.75 Å². The predicted molar refractivity (Wildman–Crippen MR) is 126 cm³/mol. The summed E-state index contributed by atoms with van der Waals surface area (Å²) in [5.74, 6) is -1.84. The van der Waals surface area contributed by atoms with Crippen molar-refractivity contribution in [2.75, 3.05) is 16.3 Å². The average Bonchev–Trinajstić information content (AvgIpc) is 3.33. The molecule has 2 aromatic rings. The quantitative estimate of drug-likeness (QED) is 0.302. The van der Waals surface area contributed by atoms with Crippen molar-refractivity contribution >= 4 is 35.1 Å². The Morgan fingerprint density at radius 1 is 0.941 bits per heavy atom. The number of hydrogen-bond donors (Lipinski definition) is 0. The normalized spacial score (nSPS) is 26.2. The van der Waals surface area contributed by atoms with Gasteiger partial charge in [-0.1, -0.05) is 36.8 Å². The van der Waals surface area contributed by atoms with E-state index < -0.39 is 11.9 Å². The van der Waals surface area contributed by atoms with Gasteiger partial charge in [0, 0.05) is 18.7 Å². The molecule has 5 rings (SSSR count). The lowest BCUT2D eigenvalue weighted by atomic mass is 9.78. The molecule has 0 aromatic heterocycles. The van der Waals surface area contributed by atoms with Gasteiger partial charge in [0.25, 0.3) is 0 Å². The highest BCUT2D eigenvalue weighted by atomic mass is 16.5. The maximum atomic E-state index is 12.9. The van der Waals surface area contributed by atoms with Crippen molar-refractivity contribution in [2.45, 2.75) is 26.7 Å². The summed E-state index contributed by atoms with van der Waals surface area (Å²) in [6, 6.07) is 14.0. The Balaban J connectivity index is 1.25. The van der Waals surface area contributed by atoms with Crippen LogP contribution in [0.5, 0.6) is 5.75 Å². The number of anilines is 2. The Bertz CT molecular complexity index is 1180. The molecule has 174 valence electrons. The molecular formula is C27H26N2O5. The fourth-order valence-electron chi connectivity index (χ4n) is 5.10. The molecular weight excluding hydrogens is 432 g/mol. The number of carbonyl (C=O) groups is 4. The highest BCUT2D eigenvalue weighted by molar-refractivity contribution is 6.22. The van der Waals surface area contributed by atoms with E-state index in [4.69, 9.17) is 4.74 Å². The maximum Gasteiger partial charge on any atom is 0.316 e. The first-order valence-electron chi connectivity index (χ1n) is 11.6. The van der Waals surface area contributed by atoms with Crippen molar-refractivity contribution < 1.29 is 23.9 Å². The van der Waals surface area contributed by atoms with Crippen LogP contribution in [-0.2, 0) is 19.2 Å². The average molecular weight is 459 g/mol. The van der Waals surface area contributed by atoms with Gasteiger partial charge in [0.05, 0.1) is 23.4 Å². The van der Waals surface area contributed by atoms with Gasteiger partial charge in [-0.05, 0) is 55.7 Å². The summed E-state index contributed by atoms with van der Waals surface area (Å²) in [4.78, 5) is 53.8. The summed E-state index contributed by atoms with van der Waals surface area (Å²) in [6.45, 7) is 4.20. The maximum absolute atomic E-state index is 12.9. The Morgan fingerprint density at radius 3 is 2.29 bits per heavy atom. The molecule has 7 heteroatoms. The van der Waals surface area contributed by atoms with Crippen LogP contribution >= 0.6 is 0 Å². The fourth-order valence-corrected chi connectivity index (χ4v) is 5.10. The lowest BCUT2D eigenvalue weighted by molar-refractivity contribution is -0.139. The van der Waals surface area contributed by atoms with E-state index >= 15 is 0 Å². The van der Waals surface area contributed by atoms with E-state index in [1.165, 1.54) is 4.90 Å². The molecule has 0 spiro atoms. The number of carbonyl (C=O) groups excluding carboxylic acids is 4. The van der Waals surface area contributed by atoms with E-state index in [1.54, 1.807) is 29.2 Å². The van der Waals surface area contributed by atoms with Gasteiger partial charge in [-0.15, -0.1) is 0 Å². The third-order valence-electron chi connectivity index (χ3n) is 6.99. The molecule has 2 heterocycles. The minimum absolute atomic E-state index is 0.0222. The van der Waals surface area contributed by atoms with Gasteiger partial charge in [0.1, 0.15) is 5.75 Å². The Labute approximate surface area is 198 Å². The van der Waals surface area contributed by atoms with Gasteiger partial charge >= 0.3 is 5.97 Å². The summed E-state index contributed by atoms with van der Waals surface area (Å²) < 4.78 is 5.52. The Kier molecular flexibility index (Phi) is 5.55. The van der Waals surface area contributed by atoms with Gasteiger partial charge in [0.15, 0.2) is 0 Å². The van der Waals surface area contributed by atoms with Gasteiger partial charge in [-0.2, -0.15) is 0 Å². The lowest BCUT2D eigenvalue weighted by Crippen LogP contribution is -2.31. The van der Waals surface area contributed by atoms with E-state index in [2.05, 4.69) is 0 Å². The molecule has 2 aliphatic heterocycles. The zero-order valence-electron chi connectivity index (χ0n) is 19.1. The van der Waals surface area contributed by atoms with Crippen LogP contribution in [0, 0.1) is 30.6 Å². The summed E-state index contributed by atoms with van der Waals surface area (Å²) in [7, 11) is 0. The van der Waals surface area contributed by atoms with Crippen LogP contribution in [0.4, 0.5) is 11.4 Å². The molecule has 2 fully saturated rings. The van der Waals surface area contributed by atoms with Crippen LogP contribution in [0.3, 0.4) is 0 Å². The third kappa shape index (κ3) is 3.81. The first-order chi connectivity index (χ1) is 16.3. The van der Waals surface area contributed by atoms with Gasteiger partial charge in [0.2, 0.25) is 17.7 Å². The van der Waals surface area contributed by atoms with Crippen LogP contribution in [0.25, 0.3) is 0 Å². The molecule has 0 N–H and O–H groups in total. The number of ether oxygens (including phenoxy) is 1. The van der Waals surface area contributed by atoms with E-state index in [-0.39, 0.29) is 48.4 Å². The molecule has 0 saturated carbocycles. The second-order valence-electron chi connectivity index (χ2n) is 9.32. The van der Waals surface area contributed by atoms with Crippen molar-refractivity contribution in [2.24, 2.45) is 23.7 Å². The van der Waals surface area contributed by atoms with Crippen molar-refractivity contribution in [1.82, 2.24) is 0 Å². The molecule has 3 aliphatic rings. The number of rotatable bonds is 4. The number of benzene rings is 2. The van der Waals surface area contributed by atoms with Crippen molar-refractivity contribution in [1.29, 1.82) is 0 Å². The topological polar surface area (TPSA) is 84.0 Å². The van der Waals surface area contributed by atoms with Crippen molar-refractivity contribution in [3.05, 3.63) is 66.2 Å². The van der Waals surface area contributed by atoms with E-state index in [0.29, 0.717) is 17.9 Å². The van der Waals surface area contributed by atoms with Gasteiger partial charge in [-0.3, -0.25) is 24.1 Å². The second kappa shape index (κ2) is 8.56. The zero-order valence-corrected chi connectivity index (χ0v) is 19.1. The number of esters is 1. The fraction of sp³-hybridized carbons (Fsp3) is 0.333. The smallest absolute Gasteiger partial charge is 0.316 e. The zero-order chi connectivity index (χ0) is 24.0. The number of hydrogen-bond acceptors (Lipinski definition) is 5. The minimum Gasteiger partial charge on any atom is -0.426 e. The van der Waals surface area contributed by atoms with Crippen LogP contribution in [-0.4, -0.2) is 30.2 Å². The largest absolute Gasteiger partial charge is 0.426 e. The molecule has 3 amide bonds. The molecule has 0 bridgehead atoms. The molecule has 0 unspecified atom stereocenters. The van der Waals surface area contributed by atoms with Crippen LogP contribution in [0.15, 0.2) is 60.7 Å². The first-order valence-corrected chi connectivity index (χ1v) is 11.6. The van der Waals surface area contributed by atoms with Gasteiger partial charge < -0.3 is 9.64 Å². The van der Waals surface area contributed by atoms with E-state index in [1.807, 2.05) is 50.3 Å². The number of nitrogens with zero attached hydrogens (tertiary/aromatic N) is 2. The van der Waals surface area contributed by atoms with Gasteiger partial charge in [-0.25, -0.2) is 0 Å².